The Hall–Kier alpha value is -6.60. The van der Waals surface area contributed by atoms with Crippen LogP contribution in [0.2, 0.25) is 0 Å². The number of piperidine rings is 2. The molecular formula is C48H49N7O6. The number of hydrogen-bond donors (Lipinski definition) is 3. The van der Waals surface area contributed by atoms with Crippen LogP contribution in [0.4, 0.5) is 4.79 Å². The molecule has 13 heteroatoms. The van der Waals surface area contributed by atoms with Crippen LogP contribution in [-0.2, 0) is 17.8 Å². The van der Waals surface area contributed by atoms with Crippen molar-refractivity contribution in [2.45, 2.75) is 58.5 Å². The molecule has 1 amide bonds. The molecule has 2 fully saturated rings. The van der Waals surface area contributed by atoms with Gasteiger partial charge in [0.25, 0.3) is 0 Å². The number of nitrogens with zero attached hydrogens (tertiary/aromatic N) is 6. The Labute approximate surface area is 352 Å². The summed E-state index contributed by atoms with van der Waals surface area (Å²) in [6.07, 6.45) is 12.7. The van der Waals surface area contributed by atoms with Crippen molar-refractivity contribution in [1.29, 1.82) is 0 Å². The van der Waals surface area contributed by atoms with Gasteiger partial charge >= 0.3 is 11.8 Å². The number of carbonyl (C=O) groups is 1. The molecule has 61 heavy (non-hydrogen) atoms. The fourth-order valence-corrected chi connectivity index (χ4v) is 9.42. The second kappa shape index (κ2) is 15.8. The molecule has 0 saturated carbocycles. The van der Waals surface area contributed by atoms with Gasteiger partial charge in [0.2, 0.25) is 0 Å². The summed E-state index contributed by atoms with van der Waals surface area (Å²) in [5.41, 5.74) is 7.62. The van der Waals surface area contributed by atoms with Gasteiger partial charge in [-0.1, -0.05) is 26.0 Å². The summed E-state index contributed by atoms with van der Waals surface area (Å²) in [4.78, 5) is 35.6. The molecule has 2 saturated heterocycles. The van der Waals surface area contributed by atoms with Crippen molar-refractivity contribution in [2.24, 2.45) is 11.8 Å². The van der Waals surface area contributed by atoms with Crippen molar-refractivity contribution >= 4 is 39.5 Å². The van der Waals surface area contributed by atoms with E-state index in [0.717, 1.165) is 90.2 Å². The fourth-order valence-electron chi connectivity index (χ4n) is 9.42. The minimum absolute atomic E-state index is 0.00849. The monoisotopic (exact) mass is 819 g/mol. The zero-order valence-electron chi connectivity index (χ0n) is 34.4. The van der Waals surface area contributed by atoms with Crippen LogP contribution in [0.3, 0.4) is 0 Å². The van der Waals surface area contributed by atoms with Crippen molar-refractivity contribution in [3.8, 4) is 34.3 Å². The van der Waals surface area contributed by atoms with Crippen molar-refractivity contribution in [3.05, 3.63) is 118 Å². The molecule has 0 radical (unpaired) electrons. The smallest absolute Gasteiger partial charge is 0.415 e. The summed E-state index contributed by atoms with van der Waals surface area (Å²) >= 11 is 0. The number of ether oxygens (including phenoxy) is 2. The lowest BCUT2D eigenvalue weighted by Gasteiger charge is -2.37. The fraction of sp³-hybridized carbons (Fsp3) is 0.333. The minimum atomic E-state index is -0.403. The van der Waals surface area contributed by atoms with Crippen molar-refractivity contribution in [2.75, 3.05) is 32.7 Å². The van der Waals surface area contributed by atoms with E-state index in [9.17, 15) is 19.8 Å². The molecule has 0 spiro atoms. The van der Waals surface area contributed by atoms with Crippen LogP contribution in [0, 0.1) is 11.8 Å². The molecule has 10 rings (SSSR count). The van der Waals surface area contributed by atoms with Gasteiger partial charge in [-0.25, -0.2) is 24.2 Å². The Morgan fingerprint density at radius 1 is 0.902 bits per heavy atom. The molecule has 4 aromatic heterocycles. The van der Waals surface area contributed by atoms with Crippen LogP contribution < -0.4 is 10.4 Å². The second-order valence-electron chi connectivity index (χ2n) is 17.3. The van der Waals surface area contributed by atoms with Crippen molar-refractivity contribution < 1.29 is 24.5 Å². The number of rotatable bonds is 8. The Morgan fingerprint density at radius 2 is 1.69 bits per heavy atom. The SMILES string of the molecule is CC(C)c1cc(-c2n[nH]c(=O)n2-c2ccc(CC3CCN(CC4CCN(C(=O)Oc5ccc6nc7c(cc6c5)cn5cc6c(cc75)C=COC6)CC4)CC3)cc2)c(O)cc1O. The van der Waals surface area contributed by atoms with Gasteiger partial charge in [-0.15, -0.1) is 0 Å². The number of likely N-dealkylation sites (tertiary alicyclic amines) is 2. The maximum absolute atomic E-state index is 13.3. The number of aromatic amines is 1. The lowest BCUT2D eigenvalue weighted by molar-refractivity contribution is 0.107. The molecule has 3 N–H and O–H groups in total. The minimum Gasteiger partial charge on any atom is -0.508 e. The molecule has 3 aliphatic rings. The van der Waals surface area contributed by atoms with Crippen molar-refractivity contribution in [1.82, 2.24) is 33.9 Å². The summed E-state index contributed by atoms with van der Waals surface area (Å²) in [6, 6.07) is 20.9. The predicted octanol–water partition coefficient (Wildman–Crippen LogP) is 8.38. The highest BCUT2D eigenvalue weighted by Crippen LogP contribution is 2.38. The number of hydrogen-bond acceptors (Lipinski definition) is 9. The third-order valence-electron chi connectivity index (χ3n) is 12.9. The summed E-state index contributed by atoms with van der Waals surface area (Å²) in [5, 5.41) is 29.7. The van der Waals surface area contributed by atoms with Crippen LogP contribution in [-0.4, -0.2) is 83.0 Å². The molecular weight excluding hydrogens is 771 g/mol. The number of amides is 1. The number of fused-ring (bicyclic) bond motifs is 5. The zero-order valence-corrected chi connectivity index (χ0v) is 34.4. The summed E-state index contributed by atoms with van der Waals surface area (Å²) in [5.74, 6) is 1.82. The summed E-state index contributed by atoms with van der Waals surface area (Å²) < 4.78 is 15.0. The first-order chi connectivity index (χ1) is 29.6. The lowest BCUT2D eigenvalue weighted by atomic mass is 9.89. The Morgan fingerprint density at radius 3 is 2.48 bits per heavy atom. The first-order valence-electron chi connectivity index (χ1n) is 21.3. The third kappa shape index (κ3) is 7.58. The second-order valence-corrected chi connectivity index (χ2v) is 17.3. The van der Waals surface area contributed by atoms with E-state index in [-0.39, 0.29) is 29.3 Å². The van der Waals surface area contributed by atoms with E-state index in [0.29, 0.717) is 54.1 Å². The lowest BCUT2D eigenvalue weighted by Crippen LogP contribution is -2.44. The average Bonchev–Trinajstić information content (AvgIpc) is 3.81. The van der Waals surface area contributed by atoms with E-state index in [2.05, 4.69) is 56.2 Å². The molecule has 0 aliphatic carbocycles. The average molecular weight is 820 g/mol. The van der Waals surface area contributed by atoms with Crippen LogP contribution in [0.15, 0.2) is 90.2 Å². The van der Waals surface area contributed by atoms with E-state index in [1.807, 2.05) is 55.2 Å². The first-order valence-corrected chi connectivity index (χ1v) is 21.3. The molecule has 0 unspecified atom stereocenters. The van der Waals surface area contributed by atoms with Gasteiger partial charge in [0.15, 0.2) is 5.82 Å². The van der Waals surface area contributed by atoms with Gasteiger partial charge < -0.3 is 33.9 Å². The van der Waals surface area contributed by atoms with Gasteiger partial charge in [-0.2, -0.15) is 5.10 Å². The topological polar surface area (TPSA) is 150 Å². The van der Waals surface area contributed by atoms with Crippen LogP contribution in [0.25, 0.3) is 50.5 Å². The highest BCUT2D eigenvalue weighted by molar-refractivity contribution is 6.01. The van der Waals surface area contributed by atoms with Gasteiger partial charge in [-0.05, 0) is 134 Å². The highest BCUT2D eigenvalue weighted by Gasteiger charge is 2.28. The summed E-state index contributed by atoms with van der Waals surface area (Å²) in [6.45, 7) is 9.01. The zero-order chi connectivity index (χ0) is 41.8. The van der Waals surface area contributed by atoms with E-state index < -0.39 is 5.69 Å². The molecule has 7 aromatic rings. The number of phenols is 2. The van der Waals surface area contributed by atoms with Crippen LogP contribution in [0.1, 0.15) is 67.7 Å². The van der Waals surface area contributed by atoms with E-state index in [1.165, 1.54) is 16.2 Å². The third-order valence-corrected chi connectivity index (χ3v) is 12.9. The summed E-state index contributed by atoms with van der Waals surface area (Å²) in [7, 11) is 0. The van der Waals surface area contributed by atoms with Gasteiger partial charge in [-0.3, -0.25) is 0 Å². The number of phenolic OH excluding ortho intramolecular Hbond substituents is 2. The van der Waals surface area contributed by atoms with Gasteiger partial charge in [0.1, 0.15) is 23.9 Å². The number of pyridine rings is 2. The number of nitrogens with one attached hydrogen (secondary N) is 1. The molecule has 13 nitrogen and oxygen atoms in total. The van der Waals surface area contributed by atoms with E-state index in [1.54, 1.807) is 12.3 Å². The van der Waals surface area contributed by atoms with E-state index in [4.69, 9.17) is 14.5 Å². The Balaban J connectivity index is 0.702. The number of aromatic hydroxyl groups is 2. The molecule has 0 bridgehead atoms. The Kier molecular flexibility index (Phi) is 9.98. The largest absolute Gasteiger partial charge is 0.508 e. The molecule has 3 aliphatic heterocycles. The quantitative estimate of drug-likeness (QED) is 0.137. The molecule has 3 aromatic carbocycles. The van der Waals surface area contributed by atoms with Gasteiger partial charge in [0.05, 0.1) is 34.1 Å². The number of aromatic nitrogens is 5. The van der Waals surface area contributed by atoms with Crippen LogP contribution in [0.5, 0.6) is 17.2 Å². The number of H-pyrrole nitrogens is 1. The molecule has 312 valence electrons. The molecule has 0 atom stereocenters. The standard InChI is InChI=1S/C48H49N7O6/c1-29(2)39-23-40(44(57)24-43(39)56)46-50-51-47(58)55(46)37-5-3-30(4-6-37)19-31-9-14-52(15-10-31)25-32-11-16-53(17-12-32)48(59)61-38-7-8-41-34(21-38)20-35-26-54-27-36-28-60-18-13-33(36)22-42(54)45(35)49-41/h3-8,13,18,20-24,26-27,29,31-32,56-57H,9-12,14-17,19,25,28H2,1-2H3,(H,51,58). The first kappa shape index (κ1) is 38.6. The number of benzene rings is 3. The normalized spacial score (nSPS) is 16.5. The van der Waals surface area contributed by atoms with E-state index >= 15 is 0 Å². The number of carbonyl (C=O) groups excluding carboxylic acids is 1. The Bertz CT molecular complexity index is 2880. The molecule has 7 heterocycles. The van der Waals surface area contributed by atoms with Gasteiger partial charge in [0, 0.05) is 54.4 Å². The maximum Gasteiger partial charge on any atom is 0.415 e. The highest BCUT2D eigenvalue weighted by atomic mass is 16.6. The van der Waals surface area contributed by atoms with Crippen LogP contribution >= 0.6 is 0 Å². The van der Waals surface area contributed by atoms with Crippen molar-refractivity contribution in [3.63, 3.8) is 0 Å². The maximum atomic E-state index is 13.3. The predicted molar refractivity (Wildman–Crippen MR) is 234 cm³/mol.